The third kappa shape index (κ3) is 3.20. The number of piperazine rings is 1. The van der Waals surface area contributed by atoms with Gasteiger partial charge in [-0.3, -0.25) is 10.1 Å². The molecule has 4 aromatic rings. The van der Waals surface area contributed by atoms with E-state index in [1.807, 2.05) is 48.5 Å². The van der Waals surface area contributed by atoms with Gasteiger partial charge in [-0.2, -0.15) is 14.6 Å². The highest BCUT2D eigenvalue weighted by Crippen LogP contribution is 2.30. The van der Waals surface area contributed by atoms with E-state index in [1.165, 1.54) is 6.33 Å². The largest absolute Gasteiger partial charge is 0.362 e. The van der Waals surface area contributed by atoms with Crippen LogP contribution in [0.5, 0.6) is 0 Å². The lowest BCUT2D eigenvalue weighted by molar-refractivity contribution is -0.384. The molecule has 1 aliphatic heterocycles. The van der Waals surface area contributed by atoms with Gasteiger partial charge in [-0.1, -0.05) is 42.5 Å². The fourth-order valence-corrected chi connectivity index (χ4v) is 3.84. The molecule has 1 fully saturated rings. The number of hydrogen-bond acceptors (Lipinski definition) is 7. The monoisotopic (exact) mass is 401 g/mol. The molecule has 0 radical (unpaired) electrons. The summed E-state index contributed by atoms with van der Waals surface area (Å²) in [7, 11) is 0. The highest BCUT2D eigenvalue weighted by molar-refractivity contribution is 5.67. The smallest absolute Gasteiger partial charge is 0.292 e. The van der Waals surface area contributed by atoms with Crippen molar-refractivity contribution in [3.63, 3.8) is 0 Å². The second-order valence-corrected chi connectivity index (χ2v) is 7.06. The summed E-state index contributed by atoms with van der Waals surface area (Å²) in [6.07, 6.45) is 1.50. The molecule has 150 valence electrons. The number of hydrogen-bond donors (Lipinski definition) is 0. The van der Waals surface area contributed by atoms with Crippen molar-refractivity contribution >= 4 is 23.0 Å². The Morgan fingerprint density at radius 3 is 2.37 bits per heavy atom. The number of nitro groups is 1. The molecule has 1 aliphatic rings. The van der Waals surface area contributed by atoms with Gasteiger partial charge in [0.1, 0.15) is 17.8 Å². The predicted octanol–water partition coefficient (Wildman–Crippen LogP) is 3.03. The van der Waals surface area contributed by atoms with Crippen LogP contribution in [0.1, 0.15) is 0 Å². The lowest BCUT2D eigenvalue weighted by Crippen LogP contribution is -2.47. The molecule has 3 heterocycles. The van der Waals surface area contributed by atoms with Gasteiger partial charge in [0.25, 0.3) is 11.5 Å². The van der Waals surface area contributed by atoms with Crippen molar-refractivity contribution in [2.24, 2.45) is 0 Å². The van der Waals surface area contributed by atoms with Gasteiger partial charge in [-0.25, -0.2) is 4.98 Å². The number of fused-ring (bicyclic) bond motifs is 1. The van der Waals surface area contributed by atoms with Crippen LogP contribution in [0, 0.1) is 10.1 Å². The summed E-state index contributed by atoms with van der Waals surface area (Å²) in [5, 5.41) is 15.7. The van der Waals surface area contributed by atoms with Crippen molar-refractivity contribution < 1.29 is 4.92 Å². The number of nitrogens with zero attached hydrogens (tertiary/aromatic N) is 7. The number of aromatic nitrogens is 4. The minimum absolute atomic E-state index is 0.139. The van der Waals surface area contributed by atoms with E-state index in [0.717, 1.165) is 17.1 Å². The van der Waals surface area contributed by atoms with Crippen LogP contribution in [-0.2, 0) is 0 Å². The zero-order valence-electron chi connectivity index (χ0n) is 16.1. The van der Waals surface area contributed by atoms with E-state index in [4.69, 9.17) is 0 Å². The first kappa shape index (κ1) is 18.0. The average Bonchev–Trinajstić information content (AvgIpc) is 3.28. The quantitative estimate of drug-likeness (QED) is 0.383. The maximum Gasteiger partial charge on any atom is 0.292 e. The van der Waals surface area contributed by atoms with Gasteiger partial charge < -0.3 is 9.80 Å². The Bertz CT molecular complexity index is 1200. The highest BCUT2D eigenvalue weighted by Gasteiger charge is 2.25. The molecule has 2 aromatic carbocycles. The Kier molecular flexibility index (Phi) is 4.47. The van der Waals surface area contributed by atoms with Crippen molar-refractivity contribution in [3.8, 4) is 11.3 Å². The summed E-state index contributed by atoms with van der Waals surface area (Å²) >= 11 is 0. The number of benzene rings is 2. The number of rotatable bonds is 4. The molecule has 0 saturated carbocycles. The minimum Gasteiger partial charge on any atom is -0.362 e. The first-order chi connectivity index (χ1) is 14.7. The first-order valence-corrected chi connectivity index (χ1v) is 9.70. The zero-order valence-corrected chi connectivity index (χ0v) is 16.1. The Labute approximate surface area is 172 Å². The average molecular weight is 401 g/mol. The standard InChI is InChI=1S/C21H19N7O2/c29-28(30)19-9-5-4-8-18(19)25-10-12-26(13-11-25)20-14-17(16-6-2-1-3-7-16)24-21-22-15-23-27(20)21/h1-9,14-15H,10-13H2. The van der Waals surface area contributed by atoms with Crippen LogP contribution in [0.2, 0.25) is 0 Å². The lowest BCUT2D eigenvalue weighted by Gasteiger charge is -2.36. The fourth-order valence-electron chi connectivity index (χ4n) is 3.84. The van der Waals surface area contributed by atoms with E-state index in [1.54, 1.807) is 16.6 Å². The van der Waals surface area contributed by atoms with Gasteiger partial charge in [0.2, 0.25) is 0 Å². The van der Waals surface area contributed by atoms with E-state index in [-0.39, 0.29) is 10.6 Å². The summed E-state index contributed by atoms with van der Waals surface area (Å²) in [5.41, 5.74) is 2.66. The Hall–Kier alpha value is -4.01. The molecule has 5 rings (SSSR count). The Balaban J connectivity index is 1.44. The minimum atomic E-state index is -0.324. The predicted molar refractivity (Wildman–Crippen MR) is 114 cm³/mol. The van der Waals surface area contributed by atoms with Crippen molar-refractivity contribution in [3.05, 3.63) is 77.1 Å². The topological polar surface area (TPSA) is 92.7 Å². The Morgan fingerprint density at radius 2 is 1.60 bits per heavy atom. The molecule has 0 aliphatic carbocycles. The molecule has 0 bridgehead atoms. The maximum atomic E-state index is 11.4. The van der Waals surface area contributed by atoms with E-state index in [9.17, 15) is 10.1 Å². The molecule has 2 aromatic heterocycles. The molecule has 0 spiro atoms. The number of para-hydroxylation sites is 2. The van der Waals surface area contributed by atoms with E-state index in [2.05, 4.69) is 24.9 Å². The third-order valence-corrected chi connectivity index (χ3v) is 5.33. The molecular weight excluding hydrogens is 382 g/mol. The number of anilines is 2. The van der Waals surface area contributed by atoms with Gasteiger partial charge in [0, 0.05) is 43.9 Å². The SMILES string of the molecule is O=[N+]([O-])c1ccccc1N1CCN(c2cc(-c3ccccc3)nc3ncnn23)CC1. The van der Waals surface area contributed by atoms with Crippen molar-refractivity contribution in [2.75, 3.05) is 36.0 Å². The van der Waals surface area contributed by atoms with Crippen LogP contribution in [0.3, 0.4) is 0 Å². The lowest BCUT2D eigenvalue weighted by atomic mass is 10.1. The molecule has 0 N–H and O–H groups in total. The van der Waals surface area contributed by atoms with Crippen molar-refractivity contribution in [1.82, 2.24) is 19.6 Å². The molecule has 0 amide bonds. The highest BCUT2D eigenvalue weighted by atomic mass is 16.6. The fraction of sp³-hybridized carbons (Fsp3) is 0.190. The van der Waals surface area contributed by atoms with Crippen LogP contribution in [-0.4, -0.2) is 50.7 Å². The zero-order chi connectivity index (χ0) is 20.5. The summed E-state index contributed by atoms with van der Waals surface area (Å²) in [6, 6.07) is 18.9. The summed E-state index contributed by atoms with van der Waals surface area (Å²) in [4.78, 5) is 24.3. The summed E-state index contributed by atoms with van der Waals surface area (Å²) in [6.45, 7) is 2.76. The normalized spacial score (nSPS) is 14.3. The molecule has 9 nitrogen and oxygen atoms in total. The van der Waals surface area contributed by atoms with Gasteiger partial charge in [-0.15, -0.1) is 0 Å². The van der Waals surface area contributed by atoms with Crippen LogP contribution in [0.4, 0.5) is 17.2 Å². The van der Waals surface area contributed by atoms with Gasteiger partial charge >= 0.3 is 0 Å². The van der Waals surface area contributed by atoms with Crippen molar-refractivity contribution in [2.45, 2.75) is 0 Å². The van der Waals surface area contributed by atoms with Crippen LogP contribution in [0.15, 0.2) is 67.0 Å². The summed E-state index contributed by atoms with van der Waals surface area (Å²) in [5.74, 6) is 1.46. The second kappa shape index (κ2) is 7.43. The molecule has 0 unspecified atom stereocenters. The maximum absolute atomic E-state index is 11.4. The van der Waals surface area contributed by atoms with Gasteiger partial charge in [0.05, 0.1) is 10.6 Å². The molecule has 0 atom stereocenters. The second-order valence-electron chi connectivity index (χ2n) is 7.06. The molecule has 9 heteroatoms. The van der Waals surface area contributed by atoms with Crippen LogP contribution < -0.4 is 9.80 Å². The van der Waals surface area contributed by atoms with E-state index >= 15 is 0 Å². The first-order valence-electron chi connectivity index (χ1n) is 9.70. The number of nitro benzene ring substituents is 1. The third-order valence-electron chi connectivity index (χ3n) is 5.33. The molecular formula is C21H19N7O2. The molecule has 30 heavy (non-hydrogen) atoms. The Morgan fingerprint density at radius 1 is 0.900 bits per heavy atom. The van der Waals surface area contributed by atoms with E-state index < -0.39 is 0 Å². The van der Waals surface area contributed by atoms with Gasteiger partial charge in [0.15, 0.2) is 0 Å². The van der Waals surface area contributed by atoms with Crippen LogP contribution in [0.25, 0.3) is 17.0 Å². The van der Waals surface area contributed by atoms with Crippen molar-refractivity contribution in [1.29, 1.82) is 0 Å². The molecule has 1 saturated heterocycles. The van der Waals surface area contributed by atoms with Gasteiger partial charge in [-0.05, 0) is 6.07 Å². The van der Waals surface area contributed by atoms with Crippen LogP contribution >= 0.6 is 0 Å². The van der Waals surface area contributed by atoms with E-state index in [0.29, 0.717) is 37.6 Å². The summed E-state index contributed by atoms with van der Waals surface area (Å²) < 4.78 is 1.74.